The number of nitrogens with one attached hydrogen (secondary N) is 2. The number of urea groups is 1. The van der Waals surface area contributed by atoms with Crippen LogP contribution in [0.3, 0.4) is 0 Å². The number of amides is 2. The van der Waals surface area contributed by atoms with E-state index in [1.165, 1.54) is 19.3 Å². The third-order valence-corrected chi connectivity index (χ3v) is 3.40. The lowest BCUT2D eigenvalue weighted by molar-refractivity contribution is 0.216. The zero-order valence-electron chi connectivity index (χ0n) is 8.79. The first-order chi connectivity index (χ1) is 7.27. The molecule has 2 fully saturated rings. The fourth-order valence-corrected chi connectivity index (χ4v) is 2.44. The Bertz CT molecular complexity index is 263. The molecule has 4 nitrogen and oxygen atoms in total. The van der Waals surface area contributed by atoms with Crippen LogP contribution < -0.4 is 10.6 Å². The highest BCUT2D eigenvalue weighted by atomic mass is 32.1. The standard InChI is InChI=1S/C10H17N3OS/c14-9(13-7-6-11-10(13)15)12-8-4-2-1-3-5-8/h8H,1-7H2,(H,11,15)(H,12,14). The van der Waals surface area contributed by atoms with Crippen LogP contribution >= 0.6 is 12.2 Å². The normalized spacial score (nSPS) is 22.7. The van der Waals surface area contributed by atoms with Gasteiger partial charge in [0.25, 0.3) is 0 Å². The molecule has 5 heteroatoms. The van der Waals surface area contributed by atoms with Crippen LogP contribution in [0.15, 0.2) is 0 Å². The smallest absolute Gasteiger partial charge is 0.323 e. The van der Waals surface area contributed by atoms with Gasteiger partial charge in [-0.3, -0.25) is 4.90 Å². The van der Waals surface area contributed by atoms with E-state index >= 15 is 0 Å². The topological polar surface area (TPSA) is 44.4 Å². The predicted octanol–water partition coefficient (Wildman–Crippen LogP) is 1.22. The van der Waals surface area contributed by atoms with Crippen molar-refractivity contribution in [1.82, 2.24) is 15.5 Å². The Balaban J connectivity index is 1.82. The Morgan fingerprint density at radius 2 is 2.13 bits per heavy atom. The van der Waals surface area contributed by atoms with Crippen LogP contribution in [0.4, 0.5) is 4.79 Å². The van der Waals surface area contributed by atoms with Crippen molar-refractivity contribution >= 4 is 23.4 Å². The highest BCUT2D eigenvalue weighted by molar-refractivity contribution is 7.80. The summed E-state index contributed by atoms with van der Waals surface area (Å²) in [4.78, 5) is 13.4. The summed E-state index contributed by atoms with van der Waals surface area (Å²) in [6.07, 6.45) is 5.98. The van der Waals surface area contributed by atoms with Gasteiger partial charge in [0.1, 0.15) is 0 Å². The summed E-state index contributed by atoms with van der Waals surface area (Å²) in [7, 11) is 0. The molecule has 1 saturated carbocycles. The average Bonchev–Trinajstić information content (AvgIpc) is 2.66. The van der Waals surface area contributed by atoms with Crippen LogP contribution in [0.1, 0.15) is 32.1 Å². The Kier molecular flexibility index (Phi) is 3.41. The van der Waals surface area contributed by atoms with Gasteiger partial charge in [-0.1, -0.05) is 19.3 Å². The van der Waals surface area contributed by atoms with Crippen molar-refractivity contribution in [2.24, 2.45) is 0 Å². The van der Waals surface area contributed by atoms with Gasteiger partial charge in [-0.25, -0.2) is 4.79 Å². The molecule has 2 rings (SSSR count). The van der Waals surface area contributed by atoms with E-state index in [1.807, 2.05) is 0 Å². The zero-order chi connectivity index (χ0) is 10.7. The summed E-state index contributed by atoms with van der Waals surface area (Å²) in [6.45, 7) is 1.47. The minimum atomic E-state index is -0.0306. The largest absolute Gasteiger partial charge is 0.360 e. The number of hydrogen-bond acceptors (Lipinski definition) is 2. The molecular weight excluding hydrogens is 210 g/mol. The van der Waals surface area contributed by atoms with Gasteiger partial charge >= 0.3 is 6.03 Å². The maximum atomic E-state index is 11.8. The average molecular weight is 227 g/mol. The van der Waals surface area contributed by atoms with Crippen molar-refractivity contribution in [2.45, 2.75) is 38.1 Å². The van der Waals surface area contributed by atoms with E-state index in [1.54, 1.807) is 4.90 Å². The van der Waals surface area contributed by atoms with Gasteiger partial charge in [0.15, 0.2) is 5.11 Å². The molecule has 0 radical (unpaired) electrons. The lowest BCUT2D eigenvalue weighted by atomic mass is 9.96. The third kappa shape index (κ3) is 2.59. The van der Waals surface area contributed by atoms with E-state index in [2.05, 4.69) is 10.6 Å². The molecule has 1 aliphatic heterocycles. The first-order valence-corrected chi connectivity index (χ1v) is 6.04. The van der Waals surface area contributed by atoms with E-state index in [9.17, 15) is 4.79 Å². The molecule has 0 bridgehead atoms. The highest BCUT2D eigenvalue weighted by Gasteiger charge is 2.25. The van der Waals surface area contributed by atoms with Crippen molar-refractivity contribution in [3.8, 4) is 0 Å². The minimum absolute atomic E-state index is 0.0306. The molecule has 0 aromatic rings. The number of hydrogen-bond donors (Lipinski definition) is 2. The Hall–Kier alpha value is -0.840. The lowest BCUT2D eigenvalue weighted by Gasteiger charge is -2.25. The van der Waals surface area contributed by atoms with Gasteiger partial charge in [0, 0.05) is 19.1 Å². The second-order valence-electron chi connectivity index (χ2n) is 4.17. The lowest BCUT2D eigenvalue weighted by Crippen LogP contribution is -2.46. The summed E-state index contributed by atoms with van der Waals surface area (Å²) < 4.78 is 0. The van der Waals surface area contributed by atoms with Crippen molar-refractivity contribution in [3.05, 3.63) is 0 Å². The molecule has 84 valence electrons. The van der Waals surface area contributed by atoms with Crippen LogP contribution in [0, 0.1) is 0 Å². The second-order valence-corrected chi connectivity index (χ2v) is 4.55. The van der Waals surface area contributed by atoms with Crippen molar-refractivity contribution in [2.75, 3.05) is 13.1 Å². The molecule has 1 heterocycles. The first kappa shape index (κ1) is 10.7. The Labute approximate surface area is 95.4 Å². The zero-order valence-corrected chi connectivity index (χ0v) is 9.61. The fraction of sp³-hybridized carbons (Fsp3) is 0.800. The maximum Gasteiger partial charge on any atom is 0.323 e. The van der Waals surface area contributed by atoms with Gasteiger partial charge in [-0.05, 0) is 25.1 Å². The number of rotatable bonds is 1. The van der Waals surface area contributed by atoms with Crippen LogP contribution in [0.25, 0.3) is 0 Å². The minimum Gasteiger partial charge on any atom is -0.360 e. The predicted molar refractivity (Wildman–Crippen MR) is 62.7 cm³/mol. The van der Waals surface area contributed by atoms with E-state index in [4.69, 9.17) is 12.2 Å². The molecule has 2 aliphatic rings. The SMILES string of the molecule is O=C(NC1CCCCC1)N1CCNC1=S. The summed E-state index contributed by atoms with van der Waals surface area (Å²) in [5.41, 5.74) is 0. The van der Waals surface area contributed by atoms with E-state index in [0.717, 1.165) is 19.4 Å². The van der Waals surface area contributed by atoms with E-state index < -0.39 is 0 Å². The fourth-order valence-electron chi connectivity index (χ4n) is 2.16. The second kappa shape index (κ2) is 4.79. The summed E-state index contributed by atoms with van der Waals surface area (Å²) in [5, 5.41) is 6.59. The van der Waals surface area contributed by atoms with E-state index in [0.29, 0.717) is 17.7 Å². The molecule has 0 aromatic carbocycles. The molecule has 15 heavy (non-hydrogen) atoms. The molecule has 0 spiro atoms. The number of thiocarbonyl (C=S) groups is 1. The molecular formula is C10H17N3OS. The van der Waals surface area contributed by atoms with Gasteiger partial charge < -0.3 is 10.6 Å². The molecule has 2 amide bonds. The molecule has 2 N–H and O–H groups in total. The van der Waals surface area contributed by atoms with Crippen LogP contribution in [-0.4, -0.2) is 35.2 Å². The Morgan fingerprint density at radius 3 is 2.73 bits per heavy atom. The van der Waals surface area contributed by atoms with Crippen LogP contribution in [-0.2, 0) is 0 Å². The van der Waals surface area contributed by atoms with Gasteiger partial charge in [-0.15, -0.1) is 0 Å². The number of nitrogens with zero attached hydrogens (tertiary/aromatic N) is 1. The number of carbonyl (C=O) groups excluding carboxylic acids is 1. The molecule has 1 saturated heterocycles. The van der Waals surface area contributed by atoms with Gasteiger partial charge in [0.2, 0.25) is 0 Å². The van der Waals surface area contributed by atoms with Crippen LogP contribution in [0.5, 0.6) is 0 Å². The molecule has 0 atom stereocenters. The van der Waals surface area contributed by atoms with Crippen LogP contribution in [0.2, 0.25) is 0 Å². The third-order valence-electron chi connectivity index (χ3n) is 3.03. The first-order valence-electron chi connectivity index (χ1n) is 5.63. The van der Waals surface area contributed by atoms with Gasteiger partial charge in [-0.2, -0.15) is 0 Å². The van der Waals surface area contributed by atoms with Crippen molar-refractivity contribution in [1.29, 1.82) is 0 Å². The Morgan fingerprint density at radius 1 is 1.40 bits per heavy atom. The maximum absolute atomic E-state index is 11.8. The monoisotopic (exact) mass is 227 g/mol. The molecule has 1 aliphatic carbocycles. The summed E-state index contributed by atoms with van der Waals surface area (Å²) in [6, 6.07) is 0.326. The van der Waals surface area contributed by atoms with Crippen molar-refractivity contribution < 1.29 is 4.79 Å². The quantitative estimate of drug-likeness (QED) is 0.662. The molecule has 0 unspecified atom stereocenters. The molecule has 0 aromatic heterocycles. The van der Waals surface area contributed by atoms with Crippen molar-refractivity contribution in [3.63, 3.8) is 0 Å². The summed E-state index contributed by atoms with van der Waals surface area (Å²) >= 11 is 5.04. The summed E-state index contributed by atoms with van der Waals surface area (Å²) in [5.74, 6) is 0. The highest BCUT2D eigenvalue weighted by Crippen LogP contribution is 2.17. The van der Waals surface area contributed by atoms with E-state index in [-0.39, 0.29) is 6.03 Å². The van der Waals surface area contributed by atoms with Gasteiger partial charge in [0.05, 0.1) is 0 Å². The number of carbonyl (C=O) groups is 1.